The van der Waals surface area contributed by atoms with Crippen LogP contribution in [0.15, 0.2) is 91.0 Å². The summed E-state index contributed by atoms with van der Waals surface area (Å²) in [5.74, 6) is 0. The zero-order valence-corrected chi connectivity index (χ0v) is 15.5. The summed E-state index contributed by atoms with van der Waals surface area (Å²) in [4.78, 5) is 0. The van der Waals surface area contributed by atoms with Gasteiger partial charge in [-0.1, -0.05) is 0 Å². The molecule has 0 saturated carbocycles. The molecular formula is C22H23O2P. The Bertz CT molecular complexity index is 736. The van der Waals surface area contributed by atoms with Crippen LogP contribution in [0.3, 0.4) is 0 Å². The van der Waals surface area contributed by atoms with Gasteiger partial charge in [0.1, 0.15) is 0 Å². The fourth-order valence-electron chi connectivity index (χ4n) is 3.74. The Morgan fingerprint density at radius 3 is 1.08 bits per heavy atom. The molecule has 0 unspecified atom stereocenters. The topological polar surface area (TPSA) is 18.5 Å². The van der Waals surface area contributed by atoms with Gasteiger partial charge in [0, 0.05) is 0 Å². The molecule has 0 amide bonds. The molecule has 3 aromatic rings. The Morgan fingerprint density at radius 2 is 0.800 bits per heavy atom. The van der Waals surface area contributed by atoms with Crippen molar-refractivity contribution in [2.24, 2.45) is 0 Å². The Kier molecular flexibility index (Phi) is 4.00. The Morgan fingerprint density at radius 1 is 0.520 bits per heavy atom. The van der Waals surface area contributed by atoms with E-state index in [0.717, 1.165) is 15.9 Å². The minimum atomic E-state index is -3.45. The van der Waals surface area contributed by atoms with Crippen molar-refractivity contribution >= 4 is 23.0 Å². The molecule has 4 rings (SSSR count). The van der Waals surface area contributed by atoms with E-state index in [1.165, 1.54) is 0 Å². The first-order valence-corrected chi connectivity index (χ1v) is 10.8. The van der Waals surface area contributed by atoms with Crippen LogP contribution in [-0.4, -0.2) is 12.2 Å². The fraction of sp³-hybridized carbons (Fsp3) is 0.182. The normalized spacial score (nSPS) is 25.8. The number of hydrogen-bond acceptors (Lipinski definition) is 2. The van der Waals surface area contributed by atoms with Crippen LogP contribution < -0.4 is 15.9 Å². The van der Waals surface area contributed by atoms with E-state index in [-0.39, 0.29) is 12.2 Å². The number of rotatable bonds is 3. The van der Waals surface area contributed by atoms with Crippen molar-refractivity contribution in [2.45, 2.75) is 26.1 Å². The third-order valence-corrected chi connectivity index (χ3v) is 10.2. The summed E-state index contributed by atoms with van der Waals surface area (Å²) in [7, 11) is -3.45. The Labute approximate surface area is 149 Å². The first-order valence-electron chi connectivity index (χ1n) is 8.73. The molecule has 3 aromatic carbocycles. The summed E-state index contributed by atoms with van der Waals surface area (Å²) in [5.41, 5.74) is 0. The quantitative estimate of drug-likeness (QED) is 0.660. The minimum absolute atomic E-state index is 0.0123. The van der Waals surface area contributed by atoms with Crippen molar-refractivity contribution in [1.29, 1.82) is 0 Å². The monoisotopic (exact) mass is 350 g/mol. The van der Waals surface area contributed by atoms with Gasteiger partial charge in [0.05, 0.1) is 0 Å². The molecule has 128 valence electrons. The van der Waals surface area contributed by atoms with Gasteiger partial charge in [-0.2, -0.15) is 0 Å². The molecule has 0 aromatic heterocycles. The van der Waals surface area contributed by atoms with Crippen molar-refractivity contribution in [2.75, 3.05) is 0 Å². The van der Waals surface area contributed by atoms with Crippen LogP contribution >= 0.6 is 7.06 Å². The van der Waals surface area contributed by atoms with Gasteiger partial charge in [0.2, 0.25) is 0 Å². The van der Waals surface area contributed by atoms with Gasteiger partial charge in [-0.15, -0.1) is 0 Å². The van der Waals surface area contributed by atoms with E-state index in [4.69, 9.17) is 9.05 Å². The van der Waals surface area contributed by atoms with Gasteiger partial charge in [-0.05, 0) is 0 Å². The third kappa shape index (κ3) is 2.29. The Balaban J connectivity index is 2.14. The van der Waals surface area contributed by atoms with Gasteiger partial charge in [0.15, 0.2) is 0 Å². The van der Waals surface area contributed by atoms with Crippen LogP contribution in [0.1, 0.15) is 13.8 Å². The van der Waals surface area contributed by atoms with Crippen molar-refractivity contribution in [3.63, 3.8) is 0 Å². The molecule has 1 saturated heterocycles. The molecule has 0 N–H and O–H groups in total. The van der Waals surface area contributed by atoms with Gasteiger partial charge < -0.3 is 0 Å². The van der Waals surface area contributed by atoms with Crippen LogP contribution in [0.2, 0.25) is 0 Å². The van der Waals surface area contributed by atoms with Crippen molar-refractivity contribution in [3.05, 3.63) is 91.0 Å². The molecule has 1 aliphatic rings. The van der Waals surface area contributed by atoms with Crippen molar-refractivity contribution in [3.8, 4) is 0 Å². The van der Waals surface area contributed by atoms with Crippen LogP contribution in [0, 0.1) is 0 Å². The molecule has 25 heavy (non-hydrogen) atoms. The van der Waals surface area contributed by atoms with Gasteiger partial charge in [0.25, 0.3) is 0 Å². The molecule has 1 fully saturated rings. The zero-order chi connectivity index (χ0) is 17.4. The van der Waals surface area contributed by atoms with Crippen LogP contribution in [0.5, 0.6) is 0 Å². The summed E-state index contributed by atoms with van der Waals surface area (Å²) in [5, 5.41) is 3.34. The average Bonchev–Trinajstić information content (AvgIpc) is 2.98. The van der Waals surface area contributed by atoms with E-state index in [9.17, 15) is 0 Å². The van der Waals surface area contributed by atoms with Crippen LogP contribution in [0.25, 0.3) is 0 Å². The first kappa shape index (κ1) is 16.5. The second kappa shape index (κ2) is 6.07. The van der Waals surface area contributed by atoms with Gasteiger partial charge >= 0.3 is 149 Å². The van der Waals surface area contributed by atoms with E-state index in [1.807, 2.05) is 18.2 Å². The molecule has 3 heteroatoms. The summed E-state index contributed by atoms with van der Waals surface area (Å²) >= 11 is 0. The summed E-state index contributed by atoms with van der Waals surface area (Å²) in [6.45, 7) is 4.21. The Hall–Kier alpha value is -1.99. The standard InChI is InChI=1S/C22H23O2P/c1-18-19(2)24-25(23-18,20-12-6-3-7-13-20,21-14-8-4-9-15-21)22-16-10-5-11-17-22/h3-19H,1-2H3/t18-,19+. The fourth-order valence-corrected chi connectivity index (χ4v) is 9.17. The maximum atomic E-state index is 6.92. The molecular weight excluding hydrogens is 327 g/mol. The SMILES string of the molecule is C[C@@H]1OP(c2ccccc2)(c2ccccc2)(c2ccccc2)O[C@@H]1C. The molecule has 1 heterocycles. The predicted molar refractivity (Wildman–Crippen MR) is 106 cm³/mol. The van der Waals surface area contributed by atoms with E-state index >= 15 is 0 Å². The molecule has 0 aliphatic carbocycles. The first-order chi connectivity index (χ1) is 12.2. The van der Waals surface area contributed by atoms with Crippen molar-refractivity contribution in [1.82, 2.24) is 0 Å². The molecule has 2 atom stereocenters. The van der Waals surface area contributed by atoms with Gasteiger partial charge in [-0.3, -0.25) is 0 Å². The van der Waals surface area contributed by atoms with E-state index in [1.54, 1.807) is 0 Å². The molecule has 0 spiro atoms. The second-order valence-electron chi connectivity index (χ2n) is 6.59. The zero-order valence-electron chi connectivity index (χ0n) is 14.6. The summed E-state index contributed by atoms with van der Waals surface area (Å²) in [6.07, 6.45) is 0.0246. The maximum absolute atomic E-state index is 6.92. The van der Waals surface area contributed by atoms with Crippen LogP contribution in [0.4, 0.5) is 0 Å². The molecule has 2 nitrogen and oxygen atoms in total. The number of hydrogen-bond donors (Lipinski definition) is 0. The molecule has 0 bridgehead atoms. The number of benzene rings is 3. The van der Waals surface area contributed by atoms with Crippen LogP contribution in [-0.2, 0) is 9.05 Å². The third-order valence-electron chi connectivity index (χ3n) is 5.07. The molecule has 1 aliphatic heterocycles. The van der Waals surface area contributed by atoms with E-state index in [0.29, 0.717) is 0 Å². The molecule has 0 radical (unpaired) electrons. The average molecular weight is 350 g/mol. The summed E-state index contributed by atoms with van der Waals surface area (Å²) < 4.78 is 13.8. The van der Waals surface area contributed by atoms with E-state index in [2.05, 4.69) is 86.6 Å². The van der Waals surface area contributed by atoms with Gasteiger partial charge in [-0.25, -0.2) is 0 Å². The van der Waals surface area contributed by atoms with Crippen molar-refractivity contribution < 1.29 is 9.05 Å². The van der Waals surface area contributed by atoms with E-state index < -0.39 is 7.06 Å². The predicted octanol–water partition coefficient (Wildman–Crippen LogP) is 4.17. The second-order valence-corrected chi connectivity index (χ2v) is 10.5. The summed E-state index contributed by atoms with van der Waals surface area (Å²) in [6, 6.07) is 31.4.